The summed E-state index contributed by atoms with van der Waals surface area (Å²) < 4.78 is 30.4. The standard InChI is InChI=1S/C25H31FN4O5/c1-5-27-25(32)29(12-13-33-2)16-24(31)30-21(17-10-11-22(34-3)23(14-17)35-4)15-20(28-30)18-8-6-7-9-19(18)26/h6-11,14,21H,5,12-13,15-16H2,1-4H3,(H,27,32). The largest absolute Gasteiger partial charge is 0.493 e. The first-order valence-electron chi connectivity index (χ1n) is 11.3. The third-order valence-electron chi connectivity index (χ3n) is 5.65. The SMILES string of the molecule is CCNC(=O)N(CCOC)CC(=O)N1N=C(c2ccccc2F)CC1c1ccc(OC)c(OC)c1. The molecule has 1 N–H and O–H groups in total. The van der Waals surface area contributed by atoms with Crippen molar-refractivity contribution in [1.29, 1.82) is 0 Å². The van der Waals surface area contributed by atoms with Crippen molar-refractivity contribution in [2.75, 3.05) is 47.6 Å². The van der Waals surface area contributed by atoms with Crippen LogP contribution in [0.5, 0.6) is 11.5 Å². The van der Waals surface area contributed by atoms with Gasteiger partial charge in [0.2, 0.25) is 0 Å². The molecule has 0 radical (unpaired) electrons. The second kappa shape index (κ2) is 12.2. The number of methoxy groups -OCH3 is 3. The molecule has 0 spiro atoms. The molecule has 1 atom stereocenters. The molecule has 1 unspecified atom stereocenters. The Morgan fingerprint density at radius 3 is 2.54 bits per heavy atom. The fraction of sp³-hybridized carbons (Fsp3) is 0.400. The van der Waals surface area contributed by atoms with Gasteiger partial charge in [-0.25, -0.2) is 14.2 Å². The van der Waals surface area contributed by atoms with Gasteiger partial charge < -0.3 is 24.4 Å². The highest BCUT2D eigenvalue weighted by Gasteiger charge is 2.35. The van der Waals surface area contributed by atoms with Gasteiger partial charge in [0.05, 0.1) is 32.6 Å². The molecule has 3 amide bonds. The van der Waals surface area contributed by atoms with E-state index in [9.17, 15) is 14.0 Å². The molecule has 9 nitrogen and oxygen atoms in total. The number of carbonyl (C=O) groups excluding carboxylic acids is 2. The maximum atomic E-state index is 14.6. The molecule has 0 saturated carbocycles. The second-order valence-electron chi connectivity index (χ2n) is 7.85. The number of benzene rings is 2. The van der Waals surface area contributed by atoms with E-state index in [0.717, 1.165) is 5.56 Å². The first-order chi connectivity index (χ1) is 16.9. The van der Waals surface area contributed by atoms with Crippen LogP contribution in [0, 0.1) is 5.82 Å². The fourth-order valence-corrected chi connectivity index (χ4v) is 3.87. The average Bonchev–Trinajstić information content (AvgIpc) is 3.31. The quantitative estimate of drug-likeness (QED) is 0.557. The van der Waals surface area contributed by atoms with Gasteiger partial charge in [-0.3, -0.25) is 4.79 Å². The molecular weight excluding hydrogens is 455 g/mol. The number of ether oxygens (including phenoxy) is 3. The molecule has 2 aromatic rings. The molecule has 188 valence electrons. The third-order valence-corrected chi connectivity index (χ3v) is 5.65. The minimum Gasteiger partial charge on any atom is -0.493 e. The van der Waals surface area contributed by atoms with E-state index in [0.29, 0.717) is 35.7 Å². The zero-order chi connectivity index (χ0) is 25.4. The normalized spacial score (nSPS) is 14.9. The highest BCUT2D eigenvalue weighted by atomic mass is 19.1. The Bertz CT molecular complexity index is 1080. The molecule has 0 bridgehead atoms. The summed E-state index contributed by atoms with van der Waals surface area (Å²) in [6, 6.07) is 10.8. The van der Waals surface area contributed by atoms with Crippen molar-refractivity contribution < 1.29 is 28.2 Å². The smallest absolute Gasteiger partial charge is 0.317 e. The molecule has 0 saturated heterocycles. The maximum Gasteiger partial charge on any atom is 0.317 e. The van der Waals surface area contributed by atoms with Crippen LogP contribution >= 0.6 is 0 Å². The molecule has 3 rings (SSSR count). The van der Waals surface area contributed by atoms with Crippen LogP contribution < -0.4 is 14.8 Å². The molecule has 0 fully saturated rings. The zero-order valence-corrected chi connectivity index (χ0v) is 20.4. The van der Waals surface area contributed by atoms with Crippen LogP contribution in [0.15, 0.2) is 47.6 Å². The van der Waals surface area contributed by atoms with Crippen LogP contribution in [0.1, 0.15) is 30.5 Å². The lowest BCUT2D eigenvalue weighted by Gasteiger charge is -2.27. The third kappa shape index (κ3) is 6.07. The van der Waals surface area contributed by atoms with Gasteiger partial charge in [0, 0.05) is 32.2 Å². The Morgan fingerprint density at radius 1 is 1.14 bits per heavy atom. The van der Waals surface area contributed by atoms with E-state index < -0.39 is 17.8 Å². The van der Waals surface area contributed by atoms with Gasteiger partial charge in [0.1, 0.15) is 12.4 Å². The van der Waals surface area contributed by atoms with E-state index in [1.807, 2.05) is 6.07 Å². The van der Waals surface area contributed by atoms with Crippen molar-refractivity contribution in [2.24, 2.45) is 5.10 Å². The summed E-state index contributed by atoms with van der Waals surface area (Å²) in [6.07, 6.45) is 0.293. The van der Waals surface area contributed by atoms with Gasteiger partial charge in [-0.15, -0.1) is 0 Å². The Balaban J connectivity index is 1.96. The number of carbonyl (C=O) groups is 2. The number of hydrogen-bond acceptors (Lipinski definition) is 6. The Hall–Kier alpha value is -3.66. The molecule has 2 aromatic carbocycles. The van der Waals surface area contributed by atoms with Gasteiger partial charge in [-0.2, -0.15) is 5.10 Å². The van der Waals surface area contributed by atoms with E-state index in [1.54, 1.807) is 37.3 Å². The summed E-state index contributed by atoms with van der Waals surface area (Å²) >= 11 is 0. The summed E-state index contributed by atoms with van der Waals surface area (Å²) in [5, 5.41) is 8.54. The predicted octanol–water partition coefficient (Wildman–Crippen LogP) is 3.20. The number of hydrazone groups is 1. The van der Waals surface area contributed by atoms with E-state index in [4.69, 9.17) is 14.2 Å². The molecule has 10 heteroatoms. The fourth-order valence-electron chi connectivity index (χ4n) is 3.87. The Morgan fingerprint density at radius 2 is 1.89 bits per heavy atom. The van der Waals surface area contributed by atoms with Gasteiger partial charge in [0.25, 0.3) is 5.91 Å². The lowest BCUT2D eigenvalue weighted by Crippen LogP contribution is -2.47. The number of rotatable bonds is 10. The number of hydrogen-bond donors (Lipinski definition) is 1. The molecule has 0 aromatic heterocycles. The summed E-state index contributed by atoms with van der Waals surface area (Å²) in [6.45, 7) is 2.50. The van der Waals surface area contributed by atoms with Crippen LogP contribution in [-0.2, 0) is 9.53 Å². The second-order valence-corrected chi connectivity index (χ2v) is 7.85. The highest BCUT2D eigenvalue weighted by Crippen LogP contribution is 2.37. The Kier molecular flexibility index (Phi) is 9.02. The molecule has 1 heterocycles. The van der Waals surface area contributed by atoms with Gasteiger partial charge in [-0.05, 0) is 30.7 Å². The summed E-state index contributed by atoms with van der Waals surface area (Å²) in [5.74, 6) is 0.222. The number of nitrogens with one attached hydrogen (secondary N) is 1. The van der Waals surface area contributed by atoms with Crippen molar-refractivity contribution >= 4 is 17.6 Å². The van der Waals surface area contributed by atoms with E-state index in [1.165, 1.54) is 37.3 Å². The van der Waals surface area contributed by atoms with Crippen molar-refractivity contribution in [1.82, 2.24) is 15.2 Å². The summed E-state index contributed by atoms with van der Waals surface area (Å²) in [7, 11) is 4.59. The lowest BCUT2D eigenvalue weighted by atomic mass is 9.97. The summed E-state index contributed by atoms with van der Waals surface area (Å²) in [4.78, 5) is 27.3. The van der Waals surface area contributed by atoms with Crippen LogP contribution in [0.3, 0.4) is 0 Å². The maximum absolute atomic E-state index is 14.6. The van der Waals surface area contributed by atoms with E-state index in [-0.39, 0.29) is 25.7 Å². The number of halogens is 1. The topological polar surface area (TPSA) is 92.7 Å². The number of nitrogens with zero attached hydrogens (tertiary/aromatic N) is 3. The van der Waals surface area contributed by atoms with Crippen LogP contribution in [0.25, 0.3) is 0 Å². The average molecular weight is 487 g/mol. The molecule has 0 aliphatic carbocycles. The lowest BCUT2D eigenvalue weighted by molar-refractivity contribution is -0.133. The highest BCUT2D eigenvalue weighted by molar-refractivity contribution is 6.03. The van der Waals surface area contributed by atoms with Crippen molar-refractivity contribution in [2.45, 2.75) is 19.4 Å². The zero-order valence-electron chi connectivity index (χ0n) is 20.4. The van der Waals surface area contributed by atoms with Crippen LogP contribution in [0.2, 0.25) is 0 Å². The molecule has 1 aliphatic heterocycles. The van der Waals surface area contributed by atoms with Gasteiger partial charge in [0.15, 0.2) is 11.5 Å². The molecule has 35 heavy (non-hydrogen) atoms. The monoisotopic (exact) mass is 486 g/mol. The minimum atomic E-state index is -0.518. The first kappa shape index (κ1) is 26.0. The van der Waals surface area contributed by atoms with Crippen LogP contribution in [-0.4, -0.2) is 75.1 Å². The summed E-state index contributed by atoms with van der Waals surface area (Å²) in [5.41, 5.74) is 1.51. The number of amides is 3. The van der Waals surface area contributed by atoms with E-state index in [2.05, 4.69) is 10.4 Å². The molecular formula is C25H31FN4O5. The predicted molar refractivity (Wildman–Crippen MR) is 129 cm³/mol. The molecule has 1 aliphatic rings. The van der Waals surface area contributed by atoms with Crippen molar-refractivity contribution in [3.05, 3.63) is 59.4 Å². The van der Waals surface area contributed by atoms with Gasteiger partial charge in [-0.1, -0.05) is 24.3 Å². The van der Waals surface area contributed by atoms with Crippen molar-refractivity contribution in [3.63, 3.8) is 0 Å². The minimum absolute atomic E-state index is 0.215. The van der Waals surface area contributed by atoms with Crippen molar-refractivity contribution in [3.8, 4) is 11.5 Å². The Labute approximate surface area is 204 Å². The van der Waals surface area contributed by atoms with Crippen LogP contribution in [0.4, 0.5) is 9.18 Å². The number of urea groups is 1. The first-order valence-corrected chi connectivity index (χ1v) is 11.3. The van der Waals surface area contributed by atoms with Gasteiger partial charge >= 0.3 is 6.03 Å². The van der Waals surface area contributed by atoms with E-state index >= 15 is 0 Å².